The van der Waals surface area contributed by atoms with Gasteiger partial charge in [-0.1, -0.05) is 6.92 Å². The number of nitrogens with zero attached hydrogens (tertiary/aromatic N) is 3. The average molecular weight is 248 g/mol. The van der Waals surface area contributed by atoms with Gasteiger partial charge in [0.1, 0.15) is 0 Å². The molecule has 18 heavy (non-hydrogen) atoms. The quantitative estimate of drug-likeness (QED) is 0.883. The Hall–Kier alpha value is -1.29. The minimum Gasteiger partial charge on any atom is -0.384 e. The fourth-order valence-electron chi connectivity index (χ4n) is 2.60. The van der Waals surface area contributed by atoms with Gasteiger partial charge in [-0.25, -0.2) is 0 Å². The first kappa shape index (κ1) is 13.1. The van der Waals surface area contributed by atoms with Crippen molar-refractivity contribution >= 4 is 11.4 Å². The lowest BCUT2D eigenvalue weighted by atomic mass is 10.1. The molecule has 0 amide bonds. The maximum absolute atomic E-state index is 4.32. The summed E-state index contributed by atoms with van der Waals surface area (Å²) in [5, 5.41) is 3.32. The van der Waals surface area contributed by atoms with Crippen LogP contribution < -0.4 is 10.2 Å². The Morgan fingerprint density at radius 2 is 2.17 bits per heavy atom. The van der Waals surface area contributed by atoms with Crippen LogP contribution in [0.2, 0.25) is 0 Å². The molecule has 0 spiro atoms. The van der Waals surface area contributed by atoms with Gasteiger partial charge in [0.25, 0.3) is 0 Å². The van der Waals surface area contributed by atoms with E-state index in [-0.39, 0.29) is 0 Å². The second-order valence-electron chi connectivity index (χ2n) is 4.89. The van der Waals surface area contributed by atoms with E-state index < -0.39 is 0 Å². The second-order valence-corrected chi connectivity index (χ2v) is 4.89. The SMILES string of the molecule is CCNc1cncc(N2CCN(CC)C(C)C2)c1. The van der Waals surface area contributed by atoms with Gasteiger partial charge in [0, 0.05) is 32.2 Å². The zero-order valence-corrected chi connectivity index (χ0v) is 11.7. The number of aromatic nitrogens is 1. The monoisotopic (exact) mass is 248 g/mol. The van der Waals surface area contributed by atoms with E-state index in [9.17, 15) is 0 Å². The molecule has 1 fully saturated rings. The molecule has 1 saturated heterocycles. The normalized spacial score (nSPS) is 21.1. The Kier molecular flexibility index (Phi) is 4.42. The highest BCUT2D eigenvalue weighted by molar-refractivity contribution is 5.55. The molecule has 0 aliphatic carbocycles. The molecular formula is C14H24N4. The summed E-state index contributed by atoms with van der Waals surface area (Å²) in [5.41, 5.74) is 2.34. The van der Waals surface area contributed by atoms with E-state index in [1.165, 1.54) is 5.69 Å². The second kappa shape index (κ2) is 6.05. The van der Waals surface area contributed by atoms with Gasteiger partial charge >= 0.3 is 0 Å². The summed E-state index contributed by atoms with van der Waals surface area (Å²) in [6.45, 7) is 12.0. The first-order valence-electron chi connectivity index (χ1n) is 6.92. The molecule has 4 heteroatoms. The van der Waals surface area contributed by atoms with Gasteiger partial charge in [-0.3, -0.25) is 9.88 Å². The molecule has 2 rings (SSSR count). The number of rotatable bonds is 4. The number of hydrogen-bond donors (Lipinski definition) is 1. The summed E-state index contributed by atoms with van der Waals surface area (Å²) >= 11 is 0. The topological polar surface area (TPSA) is 31.4 Å². The van der Waals surface area contributed by atoms with Crippen LogP contribution in [-0.4, -0.2) is 48.6 Å². The predicted octanol–water partition coefficient (Wildman–Crippen LogP) is 2.04. The van der Waals surface area contributed by atoms with Crippen LogP contribution in [0.5, 0.6) is 0 Å². The van der Waals surface area contributed by atoms with E-state index in [4.69, 9.17) is 0 Å². The minimum atomic E-state index is 0.617. The van der Waals surface area contributed by atoms with E-state index in [1.807, 2.05) is 12.4 Å². The van der Waals surface area contributed by atoms with Crippen molar-refractivity contribution in [2.45, 2.75) is 26.8 Å². The Morgan fingerprint density at radius 1 is 1.33 bits per heavy atom. The zero-order chi connectivity index (χ0) is 13.0. The van der Waals surface area contributed by atoms with Crippen LogP contribution in [0.4, 0.5) is 11.4 Å². The van der Waals surface area contributed by atoms with Crippen LogP contribution in [-0.2, 0) is 0 Å². The predicted molar refractivity (Wildman–Crippen MR) is 77.3 cm³/mol. The van der Waals surface area contributed by atoms with Gasteiger partial charge < -0.3 is 10.2 Å². The van der Waals surface area contributed by atoms with Crippen LogP contribution >= 0.6 is 0 Å². The highest BCUT2D eigenvalue weighted by Gasteiger charge is 2.22. The third kappa shape index (κ3) is 2.93. The Bertz CT molecular complexity index is 380. The molecule has 1 unspecified atom stereocenters. The molecule has 100 valence electrons. The Labute approximate surface area is 110 Å². The number of pyridine rings is 1. The highest BCUT2D eigenvalue weighted by Crippen LogP contribution is 2.21. The third-order valence-electron chi connectivity index (χ3n) is 3.64. The lowest BCUT2D eigenvalue weighted by Crippen LogP contribution is -2.51. The number of hydrogen-bond acceptors (Lipinski definition) is 4. The fourth-order valence-corrected chi connectivity index (χ4v) is 2.60. The molecular weight excluding hydrogens is 224 g/mol. The Balaban J connectivity index is 2.05. The smallest absolute Gasteiger partial charge is 0.0574 e. The van der Waals surface area contributed by atoms with E-state index in [2.05, 4.69) is 46.9 Å². The number of nitrogens with one attached hydrogen (secondary N) is 1. The van der Waals surface area contributed by atoms with Crippen LogP contribution in [0.25, 0.3) is 0 Å². The molecule has 2 heterocycles. The van der Waals surface area contributed by atoms with Gasteiger partial charge in [0.2, 0.25) is 0 Å². The molecule has 1 N–H and O–H groups in total. The summed E-state index contributed by atoms with van der Waals surface area (Å²) in [4.78, 5) is 9.29. The van der Waals surface area contributed by atoms with Gasteiger partial charge in [-0.15, -0.1) is 0 Å². The molecule has 0 saturated carbocycles. The summed E-state index contributed by atoms with van der Waals surface area (Å²) in [7, 11) is 0. The lowest BCUT2D eigenvalue weighted by Gasteiger charge is -2.40. The molecule has 1 aliphatic rings. The standard InChI is InChI=1S/C14H24N4/c1-4-16-13-8-14(10-15-9-13)18-7-6-17(5-2)12(3)11-18/h8-10,12,16H,4-7,11H2,1-3H3. The zero-order valence-electron chi connectivity index (χ0n) is 11.7. The van der Waals surface area contributed by atoms with Gasteiger partial charge in [0.15, 0.2) is 0 Å². The van der Waals surface area contributed by atoms with Crippen molar-refractivity contribution in [1.29, 1.82) is 0 Å². The van der Waals surface area contributed by atoms with E-state index in [1.54, 1.807) is 0 Å². The van der Waals surface area contributed by atoms with Crippen LogP contribution in [0.15, 0.2) is 18.5 Å². The van der Waals surface area contributed by atoms with E-state index >= 15 is 0 Å². The Morgan fingerprint density at radius 3 is 2.83 bits per heavy atom. The van der Waals surface area contributed by atoms with Crippen molar-refractivity contribution in [2.75, 3.05) is 42.9 Å². The maximum atomic E-state index is 4.32. The van der Waals surface area contributed by atoms with Gasteiger partial charge in [-0.05, 0) is 26.5 Å². The molecule has 1 atom stereocenters. The molecule has 0 aromatic carbocycles. The highest BCUT2D eigenvalue weighted by atomic mass is 15.3. The first-order valence-corrected chi connectivity index (χ1v) is 6.92. The van der Waals surface area contributed by atoms with Crippen molar-refractivity contribution in [3.8, 4) is 0 Å². The molecule has 1 aromatic heterocycles. The van der Waals surface area contributed by atoms with E-state index in [0.29, 0.717) is 6.04 Å². The maximum Gasteiger partial charge on any atom is 0.0574 e. The summed E-state index contributed by atoms with van der Waals surface area (Å²) in [5.74, 6) is 0. The van der Waals surface area contributed by atoms with Crippen LogP contribution in [0.3, 0.4) is 0 Å². The largest absolute Gasteiger partial charge is 0.384 e. The molecule has 4 nitrogen and oxygen atoms in total. The van der Waals surface area contributed by atoms with E-state index in [0.717, 1.165) is 38.4 Å². The average Bonchev–Trinajstić information content (AvgIpc) is 2.39. The summed E-state index contributed by atoms with van der Waals surface area (Å²) in [6, 6.07) is 2.82. The fraction of sp³-hybridized carbons (Fsp3) is 0.643. The molecule has 1 aromatic rings. The summed E-state index contributed by atoms with van der Waals surface area (Å²) in [6.07, 6.45) is 3.86. The van der Waals surface area contributed by atoms with Crippen molar-refractivity contribution < 1.29 is 0 Å². The van der Waals surface area contributed by atoms with Crippen molar-refractivity contribution in [3.63, 3.8) is 0 Å². The van der Waals surface area contributed by atoms with Crippen molar-refractivity contribution in [1.82, 2.24) is 9.88 Å². The molecule has 0 radical (unpaired) electrons. The third-order valence-corrected chi connectivity index (χ3v) is 3.64. The van der Waals surface area contributed by atoms with Gasteiger partial charge in [0.05, 0.1) is 23.8 Å². The number of anilines is 2. The number of piperazine rings is 1. The van der Waals surface area contributed by atoms with Crippen LogP contribution in [0.1, 0.15) is 20.8 Å². The summed E-state index contributed by atoms with van der Waals surface area (Å²) < 4.78 is 0. The first-order chi connectivity index (χ1) is 8.74. The lowest BCUT2D eigenvalue weighted by molar-refractivity contribution is 0.199. The van der Waals surface area contributed by atoms with Gasteiger partial charge in [-0.2, -0.15) is 0 Å². The molecule has 0 bridgehead atoms. The number of likely N-dealkylation sites (N-methyl/N-ethyl adjacent to an activating group) is 1. The van der Waals surface area contributed by atoms with Crippen molar-refractivity contribution in [2.24, 2.45) is 0 Å². The molecule has 1 aliphatic heterocycles. The minimum absolute atomic E-state index is 0.617. The van der Waals surface area contributed by atoms with Crippen molar-refractivity contribution in [3.05, 3.63) is 18.5 Å². The van der Waals surface area contributed by atoms with Crippen LogP contribution in [0, 0.1) is 0 Å².